The number of carbonyl (C=O) groups is 1. The first-order valence-electron chi connectivity index (χ1n) is 8.68. The van der Waals surface area contributed by atoms with Crippen molar-refractivity contribution in [3.8, 4) is 0 Å². The fourth-order valence-electron chi connectivity index (χ4n) is 2.89. The minimum Gasteiger partial charge on any atom is -0.464 e. The van der Waals surface area contributed by atoms with Gasteiger partial charge >= 0.3 is 0 Å². The molecule has 1 heterocycles. The van der Waals surface area contributed by atoms with Crippen LogP contribution in [0.15, 0.2) is 27.4 Å². The third-order valence-electron chi connectivity index (χ3n) is 4.23. The van der Waals surface area contributed by atoms with Crippen molar-refractivity contribution in [3.63, 3.8) is 0 Å². The highest BCUT2D eigenvalue weighted by molar-refractivity contribution is 6.31. The largest absolute Gasteiger partial charge is 0.464 e. The summed E-state index contributed by atoms with van der Waals surface area (Å²) >= 11 is 6.03. The number of hydrogen-bond donors (Lipinski definition) is 1. The molecule has 0 spiro atoms. The highest BCUT2D eigenvalue weighted by Crippen LogP contribution is 2.24. The van der Waals surface area contributed by atoms with Crippen molar-refractivity contribution in [2.45, 2.75) is 53.4 Å². The monoisotopic (exact) mass is 361 g/mol. The predicted octanol–water partition coefficient (Wildman–Crippen LogP) is 4.93. The van der Waals surface area contributed by atoms with Crippen molar-refractivity contribution in [3.05, 3.63) is 61.7 Å². The van der Waals surface area contributed by atoms with E-state index in [9.17, 15) is 9.59 Å². The molecule has 0 atom stereocenters. The van der Waals surface area contributed by atoms with Crippen molar-refractivity contribution in [2.75, 3.05) is 5.32 Å². The van der Waals surface area contributed by atoms with E-state index in [0.29, 0.717) is 17.9 Å². The topological polar surface area (TPSA) is 59.3 Å². The Kier molecular flexibility index (Phi) is 6.43. The van der Waals surface area contributed by atoms with Crippen LogP contribution in [0.3, 0.4) is 0 Å². The standard InChI is InChI=1S/C20H24ClNO3/c1-5-9-15-16(19(23)17(21)12(4)25-15)20(24)22-18-13(6-2)10-8-11-14(18)7-3/h8,10-11H,5-7,9H2,1-4H3,(H,22,24). The summed E-state index contributed by atoms with van der Waals surface area (Å²) in [5.41, 5.74) is 2.37. The molecule has 134 valence electrons. The molecule has 0 bridgehead atoms. The summed E-state index contributed by atoms with van der Waals surface area (Å²) < 4.78 is 5.64. The van der Waals surface area contributed by atoms with Crippen LogP contribution in [0, 0.1) is 6.92 Å². The van der Waals surface area contributed by atoms with Crippen LogP contribution in [-0.4, -0.2) is 5.91 Å². The number of nitrogens with one attached hydrogen (secondary N) is 1. The lowest BCUT2D eigenvalue weighted by atomic mass is 10.0. The molecule has 0 radical (unpaired) electrons. The second-order valence-corrected chi connectivity index (χ2v) is 6.34. The maximum absolute atomic E-state index is 12.9. The first-order valence-corrected chi connectivity index (χ1v) is 9.06. The number of carbonyl (C=O) groups excluding carboxylic acids is 1. The number of amides is 1. The molecule has 25 heavy (non-hydrogen) atoms. The molecule has 0 aliphatic heterocycles. The quantitative estimate of drug-likeness (QED) is 0.793. The summed E-state index contributed by atoms with van der Waals surface area (Å²) in [6, 6.07) is 5.94. The van der Waals surface area contributed by atoms with Crippen LogP contribution < -0.4 is 10.7 Å². The van der Waals surface area contributed by atoms with E-state index in [1.807, 2.05) is 39.0 Å². The van der Waals surface area contributed by atoms with Gasteiger partial charge in [-0.3, -0.25) is 9.59 Å². The molecule has 1 aromatic heterocycles. The van der Waals surface area contributed by atoms with Crippen molar-refractivity contribution < 1.29 is 9.21 Å². The zero-order chi connectivity index (χ0) is 18.6. The second-order valence-electron chi connectivity index (χ2n) is 5.96. The molecule has 1 aromatic carbocycles. The van der Waals surface area contributed by atoms with Crippen LogP contribution in [-0.2, 0) is 19.3 Å². The first kappa shape index (κ1) is 19.3. The molecule has 0 fully saturated rings. The molecule has 1 amide bonds. The van der Waals surface area contributed by atoms with Gasteiger partial charge in [0, 0.05) is 12.1 Å². The average Bonchev–Trinajstić information content (AvgIpc) is 2.60. The molecule has 0 saturated carbocycles. The summed E-state index contributed by atoms with van der Waals surface area (Å²) in [5, 5.41) is 2.89. The molecular formula is C20H24ClNO3. The van der Waals surface area contributed by atoms with E-state index < -0.39 is 11.3 Å². The average molecular weight is 362 g/mol. The van der Waals surface area contributed by atoms with Gasteiger partial charge in [0.15, 0.2) is 0 Å². The maximum atomic E-state index is 12.9. The van der Waals surface area contributed by atoms with Gasteiger partial charge in [-0.25, -0.2) is 0 Å². The number of benzene rings is 1. The van der Waals surface area contributed by atoms with Gasteiger partial charge < -0.3 is 9.73 Å². The Morgan fingerprint density at radius 2 is 1.76 bits per heavy atom. The van der Waals surface area contributed by atoms with Gasteiger partial charge in [0.25, 0.3) is 5.91 Å². The van der Waals surface area contributed by atoms with Gasteiger partial charge in [0.05, 0.1) is 0 Å². The van der Waals surface area contributed by atoms with Crippen LogP contribution in [0.4, 0.5) is 5.69 Å². The fraction of sp³-hybridized carbons (Fsp3) is 0.400. The molecule has 1 N–H and O–H groups in total. The third kappa shape index (κ3) is 3.96. The van der Waals surface area contributed by atoms with Crippen LogP contribution in [0.2, 0.25) is 5.02 Å². The molecule has 5 heteroatoms. The lowest BCUT2D eigenvalue weighted by Gasteiger charge is -2.15. The summed E-state index contributed by atoms with van der Waals surface area (Å²) in [5.74, 6) is 0.267. The molecule has 0 aliphatic rings. The summed E-state index contributed by atoms with van der Waals surface area (Å²) in [4.78, 5) is 25.5. The highest BCUT2D eigenvalue weighted by Gasteiger charge is 2.23. The Morgan fingerprint density at radius 1 is 1.16 bits per heavy atom. The zero-order valence-electron chi connectivity index (χ0n) is 15.2. The number of anilines is 1. The minimum absolute atomic E-state index is 0.00501. The number of rotatable bonds is 6. The van der Waals surface area contributed by atoms with E-state index in [2.05, 4.69) is 5.32 Å². The van der Waals surface area contributed by atoms with E-state index in [1.54, 1.807) is 6.92 Å². The molecule has 2 rings (SSSR count). The van der Waals surface area contributed by atoms with Crippen molar-refractivity contribution in [1.82, 2.24) is 0 Å². The maximum Gasteiger partial charge on any atom is 0.263 e. The van der Waals surface area contributed by atoms with Gasteiger partial charge in [-0.1, -0.05) is 50.6 Å². The molecular weight excluding hydrogens is 338 g/mol. The summed E-state index contributed by atoms with van der Waals surface area (Å²) in [6.07, 6.45) is 2.84. The number of hydrogen-bond acceptors (Lipinski definition) is 3. The van der Waals surface area contributed by atoms with E-state index in [4.69, 9.17) is 16.0 Å². The van der Waals surface area contributed by atoms with Gasteiger partial charge in [-0.2, -0.15) is 0 Å². The number of para-hydroxylation sites is 1. The van der Waals surface area contributed by atoms with Crippen molar-refractivity contribution in [2.24, 2.45) is 0 Å². The van der Waals surface area contributed by atoms with Crippen LogP contribution in [0.5, 0.6) is 0 Å². The van der Waals surface area contributed by atoms with Gasteiger partial charge in [0.1, 0.15) is 22.1 Å². The van der Waals surface area contributed by atoms with Gasteiger partial charge in [0.2, 0.25) is 5.43 Å². The minimum atomic E-state index is -0.474. The first-order chi connectivity index (χ1) is 11.9. The SMILES string of the molecule is CCCc1oc(C)c(Cl)c(=O)c1C(=O)Nc1c(CC)cccc1CC. The van der Waals surface area contributed by atoms with E-state index in [1.165, 1.54) is 0 Å². The van der Waals surface area contributed by atoms with Crippen LogP contribution >= 0.6 is 11.6 Å². The molecule has 0 saturated heterocycles. The lowest BCUT2D eigenvalue weighted by Crippen LogP contribution is -2.25. The van der Waals surface area contributed by atoms with Crippen LogP contribution in [0.1, 0.15) is 60.2 Å². The molecule has 4 nitrogen and oxygen atoms in total. The summed E-state index contributed by atoms with van der Waals surface area (Å²) in [7, 11) is 0. The lowest BCUT2D eigenvalue weighted by molar-refractivity contribution is 0.102. The van der Waals surface area contributed by atoms with Gasteiger partial charge in [-0.05, 0) is 37.3 Å². The van der Waals surface area contributed by atoms with E-state index in [0.717, 1.165) is 36.1 Å². The normalized spacial score (nSPS) is 10.8. The smallest absolute Gasteiger partial charge is 0.263 e. The van der Waals surface area contributed by atoms with Gasteiger partial charge in [-0.15, -0.1) is 0 Å². The number of aryl methyl sites for hydroxylation is 4. The van der Waals surface area contributed by atoms with E-state index in [-0.39, 0.29) is 10.6 Å². The second kappa shape index (κ2) is 8.34. The van der Waals surface area contributed by atoms with Crippen molar-refractivity contribution in [1.29, 1.82) is 0 Å². The molecule has 2 aromatic rings. The zero-order valence-corrected chi connectivity index (χ0v) is 15.9. The fourth-order valence-corrected chi connectivity index (χ4v) is 3.02. The Balaban J connectivity index is 2.53. The molecule has 0 unspecified atom stereocenters. The Hall–Kier alpha value is -2.07. The Bertz CT molecular complexity index is 817. The van der Waals surface area contributed by atoms with Crippen LogP contribution in [0.25, 0.3) is 0 Å². The Labute approximate surface area is 153 Å². The van der Waals surface area contributed by atoms with E-state index >= 15 is 0 Å². The third-order valence-corrected chi connectivity index (χ3v) is 4.67. The molecule has 0 aliphatic carbocycles. The Morgan fingerprint density at radius 3 is 2.28 bits per heavy atom. The number of halogens is 1. The summed E-state index contributed by atoms with van der Waals surface area (Å²) in [6.45, 7) is 7.66. The highest BCUT2D eigenvalue weighted by atomic mass is 35.5. The predicted molar refractivity (Wildman–Crippen MR) is 102 cm³/mol. The van der Waals surface area contributed by atoms with Crippen molar-refractivity contribution >= 4 is 23.2 Å².